The van der Waals surface area contributed by atoms with Crippen LogP contribution in [0.2, 0.25) is 0 Å². The number of fused-ring (bicyclic) bond motifs is 1. The summed E-state index contributed by atoms with van der Waals surface area (Å²) in [6.07, 6.45) is 1.85. The highest BCUT2D eigenvalue weighted by atomic mass is 16.5. The second kappa shape index (κ2) is 4.42. The van der Waals surface area contributed by atoms with Gasteiger partial charge in [-0.25, -0.2) is 4.98 Å². The van der Waals surface area contributed by atoms with E-state index >= 15 is 0 Å². The fourth-order valence-electron chi connectivity index (χ4n) is 2.25. The molecule has 3 heterocycles. The first-order valence-corrected chi connectivity index (χ1v) is 6.04. The maximum absolute atomic E-state index is 9.41. The van der Waals surface area contributed by atoms with Crippen molar-refractivity contribution < 1.29 is 9.84 Å². The summed E-state index contributed by atoms with van der Waals surface area (Å²) in [6.45, 7) is 4.44. The van der Waals surface area contributed by atoms with Gasteiger partial charge in [0.2, 0.25) is 5.88 Å². The number of hydrogen-bond acceptors (Lipinski definition) is 5. The Balaban J connectivity index is 2.01. The third-order valence-corrected chi connectivity index (χ3v) is 3.21. The van der Waals surface area contributed by atoms with E-state index in [1.807, 2.05) is 12.3 Å². The van der Waals surface area contributed by atoms with Crippen molar-refractivity contribution in [2.45, 2.75) is 13.0 Å². The number of rotatable bonds is 1. The van der Waals surface area contributed by atoms with E-state index in [4.69, 9.17) is 4.74 Å². The molecule has 1 aliphatic rings. The highest BCUT2D eigenvalue weighted by Crippen LogP contribution is 2.23. The van der Waals surface area contributed by atoms with Gasteiger partial charge in [-0.05, 0) is 19.1 Å². The molecule has 5 heteroatoms. The highest BCUT2D eigenvalue weighted by Gasteiger charge is 2.19. The SMILES string of the molecule is C[C@@H]1COCCN1c1cnc2ccc(O)nc2c1. The second-order valence-corrected chi connectivity index (χ2v) is 4.52. The standard InChI is InChI=1S/C13H15N3O2/c1-9-8-18-5-4-16(9)10-6-12-11(14-7-10)2-3-13(17)15-12/h2-3,6-7,9H,4-5,8H2,1H3,(H,15,17)/t9-/m1/s1. The fraction of sp³-hybridized carbons (Fsp3) is 0.385. The highest BCUT2D eigenvalue weighted by molar-refractivity contribution is 5.78. The zero-order valence-electron chi connectivity index (χ0n) is 10.2. The van der Waals surface area contributed by atoms with E-state index in [-0.39, 0.29) is 5.88 Å². The molecule has 0 spiro atoms. The van der Waals surface area contributed by atoms with E-state index in [1.54, 1.807) is 12.1 Å². The molecule has 1 atom stereocenters. The Bertz CT molecular complexity index is 573. The van der Waals surface area contributed by atoms with Crippen molar-refractivity contribution in [2.24, 2.45) is 0 Å². The van der Waals surface area contributed by atoms with Gasteiger partial charge in [0.15, 0.2) is 0 Å². The molecule has 5 nitrogen and oxygen atoms in total. The molecule has 0 aliphatic carbocycles. The van der Waals surface area contributed by atoms with Gasteiger partial charge in [-0.2, -0.15) is 0 Å². The van der Waals surface area contributed by atoms with Crippen LogP contribution >= 0.6 is 0 Å². The molecule has 0 amide bonds. The fourth-order valence-corrected chi connectivity index (χ4v) is 2.25. The zero-order chi connectivity index (χ0) is 12.5. The molecule has 2 aromatic rings. The molecule has 0 aromatic carbocycles. The molecule has 2 aromatic heterocycles. The minimum Gasteiger partial charge on any atom is -0.493 e. The Kier molecular flexibility index (Phi) is 2.76. The van der Waals surface area contributed by atoms with Crippen molar-refractivity contribution in [3.63, 3.8) is 0 Å². The summed E-state index contributed by atoms with van der Waals surface area (Å²) >= 11 is 0. The lowest BCUT2D eigenvalue weighted by molar-refractivity contribution is 0.0989. The van der Waals surface area contributed by atoms with Gasteiger partial charge < -0.3 is 14.7 Å². The summed E-state index contributed by atoms with van der Waals surface area (Å²) in [5.41, 5.74) is 2.53. The van der Waals surface area contributed by atoms with Gasteiger partial charge in [-0.1, -0.05) is 0 Å². The van der Waals surface area contributed by atoms with Crippen LogP contribution in [0.25, 0.3) is 11.0 Å². The van der Waals surface area contributed by atoms with Crippen molar-refractivity contribution >= 4 is 16.7 Å². The van der Waals surface area contributed by atoms with Crippen LogP contribution in [0.4, 0.5) is 5.69 Å². The first kappa shape index (κ1) is 11.2. The Hall–Kier alpha value is -1.88. The van der Waals surface area contributed by atoms with Crippen LogP contribution in [0.5, 0.6) is 5.88 Å². The number of aromatic nitrogens is 2. The molecule has 1 fully saturated rings. The molecule has 0 radical (unpaired) electrons. The summed E-state index contributed by atoms with van der Waals surface area (Å²) in [5.74, 6) is 0.0245. The molecule has 18 heavy (non-hydrogen) atoms. The number of ether oxygens (including phenoxy) is 1. The van der Waals surface area contributed by atoms with Gasteiger partial charge in [-0.3, -0.25) is 4.98 Å². The molecule has 0 saturated carbocycles. The first-order chi connectivity index (χ1) is 8.74. The zero-order valence-corrected chi connectivity index (χ0v) is 10.2. The summed E-state index contributed by atoms with van der Waals surface area (Å²) in [4.78, 5) is 10.7. The molecule has 94 valence electrons. The average Bonchev–Trinajstić information content (AvgIpc) is 2.38. The maximum atomic E-state index is 9.41. The molecule has 3 rings (SSSR count). The van der Waals surface area contributed by atoms with Gasteiger partial charge >= 0.3 is 0 Å². The number of aromatic hydroxyl groups is 1. The summed E-state index contributed by atoms with van der Waals surface area (Å²) in [5, 5.41) is 9.41. The smallest absolute Gasteiger partial charge is 0.211 e. The number of anilines is 1. The Labute approximate surface area is 105 Å². The number of morpholine rings is 1. The summed E-state index contributed by atoms with van der Waals surface area (Å²) in [7, 11) is 0. The number of pyridine rings is 2. The third-order valence-electron chi connectivity index (χ3n) is 3.21. The van der Waals surface area contributed by atoms with Gasteiger partial charge in [0, 0.05) is 18.7 Å². The molecule has 1 aliphatic heterocycles. The van der Waals surface area contributed by atoms with Crippen molar-refractivity contribution in [3.8, 4) is 5.88 Å². The lowest BCUT2D eigenvalue weighted by Crippen LogP contribution is -2.43. The van der Waals surface area contributed by atoms with Gasteiger partial charge in [-0.15, -0.1) is 0 Å². The quantitative estimate of drug-likeness (QED) is 0.826. The molecule has 1 saturated heterocycles. The Morgan fingerprint density at radius 1 is 1.39 bits per heavy atom. The van der Waals surface area contributed by atoms with Crippen LogP contribution in [0.3, 0.4) is 0 Å². The average molecular weight is 245 g/mol. The van der Waals surface area contributed by atoms with Crippen molar-refractivity contribution in [2.75, 3.05) is 24.7 Å². The molecular weight excluding hydrogens is 230 g/mol. The first-order valence-electron chi connectivity index (χ1n) is 6.04. The lowest BCUT2D eigenvalue weighted by atomic mass is 10.2. The van der Waals surface area contributed by atoms with Crippen LogP contribution in [0.1, 0.15) is 6.92 Å². The number of hydrogen-bond donors (Lipinski definition) is 1. The predicted octanol–water partition coefficient (Wildman–Crippen LogP) is 1.56. The molecule has 0 unspecified atom stereocenters. The Morgan fingerprint density at radius 2 is 2.28 bits per heavy atom. The maximum Gasteiger partial charge on any atom is 0.211 e. The van der Waals surface area contributed by atoms with Crippen molar-refractivity contribution in [1.29, 1.82) is 0 Å². The van der Waals surface area contributed by atoms with E-state index in [9.17, 15) is 5.11 Å². The van der Waals surface area contributed by atoms with Gasteiger partial charge in [0.1, 0.15) is 0 Å². The summed E-state index contributed by atoms with van der Waals surface area (Å²) in [6, 6.07) is 5.61. The van der Waals surface area contributed by atoms with Crippen molar-refractivity contribution in [1.82, 2.24) is 9.97 Å². The van der Waals surface area contributed by atoms with Crippen LogP contribution in [-0.4, -0.2) is 40.9 Å². The van der Waals surface area contributed by atoms with E-state index in [0.717, 1.165) is 31.0 Å². The minimum atomic E-state index is 0.0245. The molecular formula is C13H15N3O2. The van der Waals surface area contributed by atoms with E-state index in [1.165, 1.54) is 0 Å². The van der Waals surface area contributed by atoms with Crippen LogP contribution in [0.15, 0.2) is 24.4 Å². The third kappa shape index (κ3) is 1.97. The van der Waals surface area contributed by atoms with Crippen LogP contribution < -0.4 is 4.90 Å². The van der Waals surface area contributed by atoms with Gasteiger partial charge in [0.25, 0.3) is 0 Å². The topological polar surface area (TPSA) is 58.5 Å². The largest absolute Gasteiger partial charge is 0.493 e. The van der Waals surface area contributed by atoms with Crippen LogP contribution in [-0.2, 0) is 4.74 Å². The monoisotopic (exact) mass is 245 g/mol. The predicted molar refractivity (Wildman–Crippen MR) is 68.8 cm³/mol. The number of nitrogens with zero attached hydrogens (tertiary/aromatic N) is 3. The lowest BCUT2D eigenvalue weighted by Gasteiger charge is -2.35. The van der Waals surface area contributed by atoms with Gasteiger partial charge in [0.05, 0.1) is 36.1 Å². The van der Waals surface area contributed by atoms with Crippen LogP contribution in [0, 0.1) is 0 Å². The Morgan fingerprint density at radius 3 is 3.11 bits per heavy atom. The normalized spacial score (nSPS) is 20.3. The second-order valence-electron chi connectivity index (χ2n) is 4.52. The summed E-state index contributed by atoms with van der Waals surface area (Å²) < 4.78 is 5.42. The van der Waals surface area contributed by atoms with Crippen molar-refractivity contribution in [3.05, 3.63) is 24.4 Å². The van der Waals surface area contributed by atoms with E-state index < -0.39 is 0 Å². The molecule has 0 bridgehead atoms. The minimum absolute atomic E-state index is 0.0245. The van der Waals surface area contributed by atoms with E-state index in [0.29, 0.717) is 11.6 Å². The van der Waals surface area contributed by atoms with E-state index in [2.05, 4.69) is 21.8 Å². The molecule has 1 N–H and O–H groups in total.